The maximum atomic E-state index is 12.1. The molecule has 0 radical (unpaired) electrons. The fourth-order valence-electron chi connectivity index (χ4n) is 1.82. The smallest absolute Gasteiger partial charge is 0.257 e. The summed E-state index contributed by atoms with van der Waals surface area (Å²) in [7, 11) is 0. The highest BCUT2D eigenvalue weighted by molar-refractivity contribution is 7.80. The summed E-state index contributed by atoms with van der Waals surface area (Å²) >= 11 is 5.13. The highest BCUT2D eigenvalue weighted by atomic mass is 32.1. The highest BCUT2D eigenvalue weighted by Crippen LogP contribution is 2.14. The van der Waals surface area contributed by atoms with Crippen LogP contribution < -0.4 is 15.4 Å². The summed E-state index contributed by atoms with van der Waals surface area (Å²) in [6, 6.07) is 16.4. The molecule has 0 aliphatic heterocycles. The van der Waals surface area contributed by atoms with Crippen LogP contribution in [0.4, 0.5) is 5.69 Å². The topological polar surface area (TPSA) is 50.4 Å². The van der Waals surface area contributed by atoms with Gasteiger partial charge in [0.05, 0.1) is 6.10 Å². The minimum Gasteiger partial charge on any atom is -0.491 e. The first kappa shape index (κ1) is 16.0. The molecule has 2 rings (SSSR count). The second-order valence-corrected chi connectivity index (χ2v) is 5.37. The van der Waals surface area contributed by atoms with Crippen LogP contribution in [0, 0.1) is 0 Å². The van der Waals surface area contributed by atoms with Crippen molar-refractivity contribution in [2.24, 2.45) is 0 Å². The van der Waals surface area contributed by atoms with Gasteiger partial charge >= 0.3 is 0 Å². The lowest BCUT2D eigenvalue weighted by Gasteiger charge is -2.11. The maximum Gasteiger partial charge on any atom is 0.257 e. The van der Waals surface area contributed by atoms with Gasteiger partial charge in [-0.1, -0.05) is 18.2 Å². The number of ether oxygens (including phenoxy) is 1. The van der Waals surface area contributed by atoms with Crippen molar-refractivity contribution in [3.8, 4) is 5.75 Å². The number of benzene rings is 2. The number of anilines is 1. The van der Waals surface area contributed by atoms with Gasteiger partial charge in [-0.25, -0.2) is 0 Å². The zero-order valence-corrected chi connectivity index (χ0v) is 13.3. The fourth-order valence-corrected chi connectivity index (χ4v) is 2.03. The normalized spacial score (nSPS) is 10.1. The molecule has 0 aliphatic rings. The van der Waals surface area contributed by atoms with Crippen LogP contribution in [0.2, 0.25) is 0 Å². The van der Waals surface area contributed by atoms with E-state index in [1.54, 1.807) is 24.3 Å². The van der Waals surface area contributed by atoms with Crippen LogP contribution in [-0.4, -0.2) is 17.1 Å². The molecule has 22 heavy (non-hydrogen) atoms. The Hall–Kier alpha value is -2.40. The minimum absolute atomic E-state index is 0.0994. The number of rotatable bonds is 4. The summed E-state index contributed by atoms with van der Waals surface area (Å²) in [5.41, 5.74) is 1.35. The van der Waals surface area contributed by atoms with E-state index in [4.69, 9.17) is 17.0 Å². The van der Waals surface area contributed by atoms with Gasteiger partial charge in [0.25, 0.3) is 5.91 Å². The zero-order chi connectivity index (χ0) is 15.9. The van der Waals surface area contributed by atoms with Gasteiger partial charge in [-0.3, -0.25) is 10.1 Å². The standard InChI is InChI=1S/C17H18N2O2S/c1-12(2)21-15-10-8-13(9-11-15)16(20)19-17(22)18-14-6-4-3-5-7-14/h3-12H,1-2H3,(H2,18,19,20,22). The first-order valence-electron chi connectivity index (χ1n) is 6.98. The SMILES string of the molecule is CC(C)Oc1ccc(C(=O)NC(=S)Nc2ccccc2)cc1. The Morgan fingerprint density at radius 2 is 1.68 bits per heavy atom. The summed E-state index contributed by atoms with van der Waals surface area (Å²) in [4.78, 5) is 12.1. The van der Waals surface area contributed by atoms with Gasteiger partial charge in [0.1, 0.15) is 5.75 Å². The third kappa shape index (κ3) is 4.86. The summed E-state index contributed by atoms with van der Waals surface area (Å²) in [5.74, 6) is 0.473. The van der Waals surface area contributed by atoms with Crippen LogP contribution >= 0.6 is 12.2 Å². The number of hydrogen-bond donors (Lipinski definition) is 2. The van der Waals surface area contributed by atoms with Crippen molar-refractivity contribution in [2.45, 2.75) is 20.0 Å². The maximum absolute atomic E-state index is 12.1. The molecule has 0 saturated heterocycles. The van der Waals surface area contributed by atoms with E-state index in [0.29, 0.717) is 5.56 Å². The predicted molar refractivity (Wildman–Crippen MR) is 92.3 cm³/mol. The van der Waals surface area contributed by atoms with E-state index >= 15 is 0 Å². The molecule has 0 atom stereocenters. The van der Waals surface area contributed by atoms with Gasteiger partial charge < -0.3 is 10.1 Å². The number of carbonyl (C=O) groups is 1. The molecule has 0 saturated carbocycles. The van der Waals surface area contributed by atoms with Crippen LogP contribution in [0.25, 0.3) is 0 Å². The zero-order valence-electron chi connectivity index (χ0n) is 12.5. The Morgan fingerprint density at radius 3 is 2.27 bits per heavy atom. The molecular formula is C17H18N2O2S. The van der Waals surface area contributed by atoms with Gasteiger partial charge in [-0.15, -0.1) is 0 Å². The van der Waals surface area contributed by atoms with Crippen molar-refractivity contribution in [3.63, 3.8) is 0 Å². The van der Waals surface area contributed by atoms with Crippen molar-refractivity contribution in [1.29, 1.82) is 0 Å². The molecule has 1 amide bonds. The Balaban J connectivity index is 1.92. The average Bonchev–Trinajstić information content (AvgIpc) is 2.48. The van der Waals surface area contributed by atoms with Crippen molar-refractivity contribution in [3.05, 3.63) is 60.2 Å². The van der Waals surface area contributed by atoms with Crippen LogP contribution in [0.15, 0.2) is 54.6 Å². The molecule has 4 nitrogen and oxygen atoms in total. The van der Waals surface area contributed by atoms with Gasteiger partial charge in [0, 0.05) is 11.3 Å². The highest BCUT2D eigenvalue weighted by Gasteiger charge is 2.08. The Bertz CT molecular complexity index is 639. The Labute approximate surface area is 135 Å². The molecule has 0 bridgehead atoms. The van der Waals surface area contributed by atoms with E-state index in [9.17, 15) is 4.79 Å². The summed E-state index contributed by atoms with van der Waals surface area (Å²) in [6.45, 7) is 3.91. The van der Waals surface area contributed by atoms with E-state index in [-0.39, 0.29) is 17.1 Å². The van der Waals surface area contributed by atoms with Gasteiger partial charge in [-0.2, -0.15) is 0 Å². The van der Waals surface area contributed by atoms with E-state index < -0.39 is 0 Å². The van der Waals surface area contributed by atoms with Crippen molar-refractivity contribution in [1.82, 2.24) is 5.32 Å². The lowest BCUT2D eigenvalue weighted by Crippen LogP contribution is -2.34. The van der Waals surface area contributed by atoms with Crippen LogP contribution in [0.1, 0.15) is 24.2 Å². The largest absolute Gasteiger partial charge is 0.491 e. The first-order valence-corrected chi connectivity index (χ1v) is 7.39. The molecule has 2 aromatic carbocycles. The van der Waals surface area contributed by atoms with Gasteiger partial charge in [0.2, 0.25) is 0 Å². The second kappa shape index (κ2) is 7.56. The molecule has 2 aromatic rings. The monoisotopic (exact) mass is 314 g/mol. The van der Waals surface area contributed by atoms with E-state index in [2.05, 4.69) is 10.6 Å². The number of thiocarbonyl (C=S) groups is 1. The molecular weight excluding hydrogens is 296 g/mol. The van der Waals surface area contributed by atoms with E-state index in [1.165, 1.54) is 0 Å². The Morgan fingerprint density at radius 1 is 1.05 bits per heavy atom. The summed E-state index contributed by atoms with van der Waals surface area (Å²) in [6.07, 6.45) is 0.0994. The van der Waals surface area contributed by atoms with Crippen molar-refractivity contribution < 1.29 is 9.53 Å². The van der Waals surface area contributed by atoms with Crippen LogP contribution in [-0.2, 0) is 0 Å². The summed E-state index contributed by atoms with van der Waals surface area (Å²) in [5, 5.41) is 5.86. The number of nitrogens with one attached hydrogen (secondary N) is 2. The molecule has 0 aromatic heterocycles. The second-order valence-electron chi connectivity index (χ2n) is 4.97. The molecule has 0 fully saturated rings. The van der Waals surface area contributed by atoms with Crippen LogP contribution in [0.3, 0.4) is 0 Å². The number of carbonyl (C=O) groups excluding carboxylic acids is 1. The molecule has 2 N–H and O–H groups in total. The molecule has 5 heteroatoms. The van der Waals surface area contributed by atoms with E-state index in [0.717, 1.165) is 11.4 Å². The van der Waals surface area contributed by atoms with Crippen molar-refractivity contribution >= 4 is 28.9 Å². The van der Waals surface area contributed by atoms with Crippen LogP contribution in [0.5, 0.6) is 5.75 Å². The minimum atomic E-state index is -0.260. The third-order valence-electron chi connectivity index (χ3n) is 2.75. The third-order valence-corrected chi connectivity index (χ3v) is 2.95. The first-order chi connectivity index (χ1) is 10.5. The number of amides is 1. The average molecular weight is 314 g/mol. The number of hydrogen-bond acceptors (Lipinski definition) is 3. The molecule has 0 aliphatic carbocycles. The summed E-state index contributed by atoms with van der Waals surface area (Å²) < 4.78 is 5.54. The van der Waals surface area contributed by atoms with Crippen molar-refractivity contribution in [2.75, 3.05) is 5.32 Å². The van der Waals surface area contributed by atoms with E-state index in [1.807, 2.05) is 44.2 Å². The number of para-hydroxylation sites is 1. The lowest BCUT2D eigenvalue weighted by atomic mass is 10.2. The molecule has 0 spiro atoms. The van der Waals surface area contributed by atoms with Gasteiger partial charge in [-0.05, 0) is 62.5 Å². The fraction of sp³-hybridized carbons (Fsp3) is 0.176. The molecule has 0 heterocycles. The molecule has 114 valence electrons. The Kier molecular flexibility index (Phi) is 5.49. The van der Waals surface area contributed by atoms with Gasteiger partial charge in [0.15, 0.2) is 5.11 Å². The quantitative estimate of drug-likeness (QED) is 0.847. The lowest BCUT2D eigenvalue weighted by molar-refractivity contribution is 0.0977. The molecule has 0 unspecified atom stereocenters. The predicted octanol–water partition coefficient (Wildman–Crippen LogP) is 3.60.